The highest BCUT2D eigenvalue weighted by Gasteiger charge is 2.28. The van der Waals surface area contributed by atoms with Gasteiger partial charge in [0.05, 0.1) is 11.5 Å². The Morgan fingerprint density at radius 1 is 1.07 bits per heavy atom. The van der Waals surface area contributed by atoms with Gasteiger partial charge >= 0.3 is 5.97 Å². The van der Waals surface area contributed by atoms with Crippen LogP contribution in [-0.2, 0) is 4.79 Å². The third-order valence-electron chi connectivity index (χ3n) is 5.39. The monoisotopic (exact) mass is 380 g/mol. The fourth-order valence-electron chi connectivity index (χ4n) is 3.99. The third kappa shape index (κ3) is 4.19. The van der Waals surface area contributed by atoms with Gasteiger partial charge in [0.1, 0.15) is 0 Å². The minimum absolute atomic E-state index is 0.0573. The van der Waals surface area contributed by atoms with E-state index >= 15 is 0 Å². The first-order chi connectivity index (χ1) is 13.5. The summed E-state index contributed by atoms with van der Waals surface area (Å²) in [6.07, 6.45) is 3.56. The van der Waals surface area contributed by atoms with Crippen molar-refractivity contribution in [3.63, 3.8) is 0 Å². The topological polar surface area (TPSA) is 69.6 Å². The molecule has 1 fully saturated rings. The van der Waals surface area contributed by atoms with Crippen LogP contribution in [0.4, 0.5) is 5.69 Å². The SMILES string of the molecule is CCNC(=O)C(c1ccc(C(=O)O)cc1)c1c(C)cccc1N1CCCCC1. The zero-order valence-corrected chi connectivity index (χ0v) is 16.6. The molecule has 2 aromatic rings. The van der Waals surface area contributed by atoms with Crippen molar-refractivity contribution in [2.45, 2.75) is 39.0 Å². The van der Waals surface area contributed by atoms with Crippen molar-refractivity contribution in [3.05, 3.63) is 64.7 Å². The van der Waals surface area contributed by atoms with Gasteiger partial charge in [-0.05, 0) is 68.0 Å². The Morgan fingerprint density at radius 2 is 1.75 bits per heavy atom. The van der Waals surface area contributed by atoms with Gasteiger partial charge in [0, 0.05) is 25.3 Å². The summed E-state index contributed by atoms with van der Waals surface area (Å²) < 4.78 is 0. The third-order valence-corrected chi connectivity index (χ3v) is 5.39. The summed E-state index contributed by atoms with van der Waals surface area (Å²) in [6, 6.07) is 12.9. The van der Waals surface area contributed by atoms with Crippen LogP contribution in [0.15, 0.2) is 42.5 Å². The average Bonchev–Trinajstić information content (AvgIpc) is 2.70. The van der Waals surface area contributed by atoms with E-state index in [9.17, 15) is 14.7 Å². The van der Waals surface area contributed by atoms with Crippen molar-refractivity contribution >= 4 is 17.6 Å². The Kier molecular flexibility index (Phi) is 6.34. The van der Waals surface area contributed by atoms with Gasteiger partial charge in [-0.2, -0.15) is 0 Å². The Balaban J connectivity index is 2.10. The van der Waals surface area contributed by atoms with Crippen molar-refractivity contribution in [1.29, 1.82) is 0 Å². The van der Waals surface area contributed by atoms with Crippen LogP contribution in [0.1, 0.15) is 59.2 Å². The molecule has 1 amide bonds. The molecule has 5 nitrogen and oxygen atoms in total. The first-order valence-electron chi connectivity index (χ1n) is 9.98. The minimum Gasteiger partial charge on any atom is -0.478 e. The van der Waals surface area contributed by atoms with Crippen LogP contribution in [0.5, 0.6) is 0 Å². The molecule has 1 unspecified atom stereocenters. The van der Waals surface area contributed by atoms with Gasteiger partial charge in [-0.1, -0.05) is 24.3 Å². The van der Waals surface area contributed by atoms with Gasteiger partial charge in [-0.25, -0.2) is 4.79 Å². The van der Waals surface area contributed by atoms with E-state index in [1.165, 1.54) is 6.42 Å². The number of rotatable bonds is 6. The number of carboxylic acid groups (broad SMARTS) is 1. The molecule has 2 N–H and O–H groups in total. The number of hydrogen-bond donors (Lipinski definition) is 2. The first kappa shape index (κ1) is 19.9. The fraction of sp³-hybridized carbons (Fsp3) is 0.391. The molecule has 1 saturated heterocycles. The molecule has 0 aliphatic carbocycles. The summed E-state index contributed by atoms with van der Waals surface area (Å²) in [5.41, 5.74) is 4.22. The highest BCUT2D eigenvalue weighted by molar-refractivity contribution is 5.91. The van der Waals surface area contributed by atoms with Crippen molar-refractivity contribution < 1.29 is 14.7 Å². The van der Waals surface area contributed by atoms with E-state index in [0.717, 1.165) is 48.3 Å². The summed E-state index contributed by atoms with van der Waals surface area (Å²) >= 11 is 0. The predicted molar refractivity (Wildman–Crippen MR) is 111 cm³/mol. The molecule has 1 aliphatic rings. The van der Waals surface area contributed by atoms with Crippen LogP contribution >= 0.6 is 0 Å². The molecule has 5 heteroatoms. The van der Waals surface area contributed by atoms with Crippen molar-refractivity contribution in [2.24, 2.45) is 0 Å². The number of likely N-dealkylation sites (N-methyl/N-ethyl adjacent to an activating group) is 1. The van der Waals surface area contributed by atoms with E-state index in [0.29, 0.717) is 6.54 Å². The van der Waals surface area contributed by atoms with Crippen LogP contribution < -0.4 is 10.2 Å². The molecule has 148 valence electrons. The predicted octanol–water partition coefficient (Wildman–Crippen LogP) is 3.95. The lowest BCUT2D eigenvalue weighted by Gasteiger charge is -2.33. The number of carboxylic acids is 1. The minimum atomic E-state index is -0.967. The van der Waals surface area contributed by atoms with Crippen LogP contribution in [0.3, 0.4) is 0 Å². The molecule has 2 aromatic carbocycles. The van der Waals surface area contributed by atoms with Gasteiger partial charge in [0.15, 0.2) is 0 Å². The van der Waals surface area contributed by atoms with Crippen LogP contribution in [0.2, 0.25) is 0 Å². The normalized spacial score (nSPS) is 15.1. The Labute approximate surface area is 166 Å². The second-order valence-electron chi connectivity index (χ2n) is 7.31. The second kappa shape index (κ2) is 8.91. The zero-order valence-electron chi connectivity index (χ0n) is 16.6. The molecular weight excluding hydrogens is 352 g/mol. The van der Waals surface area contributed by atoms with E-state index in [1.54, 1.807) is 24.3 Å². The number of piperidine rings is 1. The Hall–Kier alpha value is -2.82. The fourth-order valence-corrected chi connectivity index (χ4v) is 3.99. The number of aromatic carboxylic acids is 1. The first-order valence-corrected chi connectivity index (χ1v) is 9.98. The summed E-state index contributed by atoms with van der Waals surface area (Å²) in [7, 11) is 0. The molecule has 1 atom stereocenters. The molecule has 28 heavy (non-hydrogen) atoms. The van der Waals surface area contributed by atoms with E-state index in [4.69, 9.17) is 0 Å². The molecule has 0 aromatic heterocycles. The number of hydrogen-bond acceptors (Lipinski definition) is 3. The largest absolute Gasteiger partial charge is 0.478 e. The van der Waals surface area contributed by atoms with Crippen LogP contribution in [-0.4, -0.2) is 36.6 Å². The van der Waals surface area contributed by atoms with E-state index in [1.807, 2.05) is 26.0 Å². The number of anilines is 1. The Morgan fingerprint density at radius 3 is 2.36 bits per heavy atom. The highest BCUT2D eigenvalue weighted by Crippen LogP contribution is 2.36. The standard InChI is InChI=1S/C23H28N2O3/c1-3-24-22(26)21(17-10-12-18(13-11-17)23(27)28)20-16(2)8-7-9-19(20)25-14-5-4-6-15-25/h7-13,21H,3-6,14-15H2,1-2H3,(H,24,26)(H,27,28). The van der Waals surface area contributed by atoms with Gasteiger partial charge < -0.3 is 15.3 Å². The Bertz CT molecular complexity index is 839. The molecule has 1 aliphatic heterocycles. The van der Waals surface area contributed by atoms with E-state index < -0.39 is 11.9 Å². The van der Waals surface area contributed by atoms with Gasteiger partial charge in [-0.3, -0.25) is 4.79 Å². The summed E-state index contributed by atoms with van der Waals surface area (Å²) in [6.45, 7) is 6.49. The maximum Gasteiger partial charge on any atom is 0.335 e. The highest BCUT2D eigenvalue weighted by atomic mass is 16.4. The summed E-state index contributed by atoms with van der Waals surface area (Å²) in [5.74, 6) is -1.50. The number of nitrogens with zero attached hydrogens (tertiary/aromatic N) is 1. The van der Waals surface area contributed by atoms with Crippen molar-refractivity contribution in [2.75, 3.05) is 24.5 Å². The summed E-state index contributed by atoms with van der Waals surface area (Å²) in [5, 5.41) is 12.2. The van der Waals surface area contributed by atoms with Gasteiger partial charge in [0.25, 0.3) is 0 Å². The molecule has 0 radical (unpaired) electrons. The molecule has 0 spiro atoms. The molecule has 0 saturated carbocycles. The van der Waals surface area contributed by atoms with Crippen LogP contribution in [0, 0.1) is 6.92 Å². The van der Waals surface area contributed by atoms with Gasteiger partial charge in [-0.15, -0.1) is 0 Å². The number of carbonyl (C=O) groups excluding carboxylic acids is 1. The quantitative estimate of drug-likeness (QED) is 0.796. The summed E-state index contributed by atoms with van der Waals surface area (Å²) in [4.78, 5) is 26.7. The lowest BCUT2D eigenvalue weighted by Crippen LogP contribution is -2.34. The maximum atomic E-state index is 13.1. The lowest BCUT2D eigenvalue weighted by atomic mass is 9.85. The number of aryl methyl sites for hydroxylation is 1. The molecule has 1 heterocycles. The van der Waals surface area contributed by atoms with E-state index in [-0.39, 0.29) is 11.5 Å². The second-order valence-corrected chi connectivity index (χ2v) is 7.31. The number of benzene rings is 2. The maximum absolute atomic E-state index is 13.1. The number of amides is 1. The molecule has 0 bridgehead atoms. The molecular formula is C23H28N2O3. The van der Waals surface area contributed by atoms with E-state index in [2.05, 4.69) is 16.3 Å². The smallest absolute Gasteiger partial charge is 0.335 e. The average molecular weight is 380 g/mol. The van der Waals surface area contributed by atoms with Gasteiger partial charge in [0.2, 0.25) is 5.91 Å². The molecule has 3 rings (SSSR count). The lowest BCUT2D eigenvalue weighted by molar-refractivity contribution is -0.121. The van der Waals surface area contributed by atoms with Crippen molar-refractivity contribution in [3.8, 4) is 0 Å². The number of nitrogens with one attached hydrogen (secondary N) is 1. The van der Waals surface area contributed by atoms with Crippen LogP contribution in [0.25, 0.3) is 0 Å². The zero-order chi connectivity index (χ0) is 20.1. The number of carbonyl (C=O) groups is 2. The van der Waals surface area contributed by atoms with Crippen molar-refractivity contribution in [1.82, 2.24) is 5.32 Å².